The number of carbonyl (C=O) groups is 2. The molecule has 14 heavy (non-hydrogen) atoms. The van der Waals surface area contributed by atoms with Crippen LogP contribution < -0.4 is 28.2 Å². The number of hydrazine groups is 1. The molecule has 0 spiro atoms. The van der Waals surface area contributed by atoms with Crippen LogP contribution in [0.25, 0.3) is 0 Å². The fourth-order valence-electron chi connectivity index (χ4n) is 0.180. The van der Waals surface area contributed by atoms with Crippen LogP contribution in [0.3, 0.4) is 0 Å². The highest BCUT2D eigenvalue weighted by molar-refractivity contribution is 6.28. The first-order valence-corrected chi connectivity index (χ1v) is 3.88. The lowest BCUT2D eigenvalue weighted by molar-refractivity contribution is 0.248. The number of hydrazone groups is 1. The summed E-state index contributed by atoms with van der Waals surface area (Å²) in [7, 11) is 0. The molecular weight excluding hydrogens is 212 g/mol. The molecule has 0 fully saturated rings. The third-order valence-electron chi connectivity index (χ3n) is 0.693. The van der Waals surface area contributed by atoms with E-state index in [1.54, 1.807) is 12.3 Å². The second-order valence-corrected chi connectivity index (χ2v) is 2.23. The average Bonchev–Trinajstić information content (AvgIpc) is 2.14. The minimum atomic E-state index is -0.718. The minimum Gasteiger partial charge on any atom is -0.351 e. The number of primary amides is 2. The molecule has 8 N–H and O–H groups in total. The van der Waals surface area contributed by atoms with E-state index in [0.29, 0.717) is 11.6 Å². The van der Waals surface area contributed by atoms with Crippen LogP contribution in [-0.4, -0.2) is 23.7 Å². The van der Waals surface area contributed by atoms with Crippen LogP contribution >= 0.6 is 11.6 Å². The molecule has 0 aliphatic carbocycles. The van der Waals surface area contributed by atoms with E-state index >= 15 is 0 Å². The third kappa shape index (κ3) is 16.8. The third-order valence-corrected chi connectivity index (χ3v) is 1.08. The Hall–Kier alpha value is -1.54. The molecule has 0 atom stereocenters. The smallest absolute Gasteiger partial charge is 0.332 e. The van der Waals surface area contributed by atoms with Gasteiger partial charge in [0.25, 0.3) is 0 Å². The predicted molar refractivity (Wildman–Crippen MR) is 53.5 cm³/mol. The maximum atomic E-state index is 9.98. The van der Waals surface area contributed by atoms with E-state index in [2.05, 4.69) is 16.7 Å². The lowest BCUT2D eigenvalue weighted by atomic mass is 10.5. The summed E-state index contributed by atoms with van der Waals surface area (Å²) in [5, 5.41) is 3.50. The van der Waals surface area contributed by atoms with Crippen LogP contribution in [-0.2, 0) is 0 Å². The Morgan fingerprint density at radius 2 is 1.79 bits per heavy atom. The van der Waals surface area contributed by atoms with E-state index in [9.17, 15) is 9.59 Å². The lowest BCUT2D eigenvalue weighted by Gasteiger charge is -1.92. The summed E-state index contributed by atoms with van der Waals surface area (Å²) in [5.74, 6) is 4.74. The van der Waals surface area contributed by atoms with Crippen molar-refractivity contribution in [2.75, 3.05) is 5.88 Å². The van der Waals surface area contributed by atoms with Crippen molar-refractivity contribution in [3.8, 4) is 0 Å². The van der Waals surface area contributed by atoms with Gasteiger partial charge in [-0.25, -0.2) is 20.9 Å². The SMILES string of the molecule is CC(CCl)=NNC(N)=O.NNC(N)=O. The zero-order valence-corrected chi connectivity index (χ0v) is 8.34. The van der Waals surface area contributed by atoms with Crippen LogP contribution in [0.1, 0.15) is 6.92 Å². The second-order valence-electron chi connectivity index (χ2n) is 1.97. The van der Waals surface area contributed by atoms with Gasteiger partial charge in [0, 0.05) is 0 Å². The first kappa shape index (κ1) is 15.0. The molecule has 9 heteroatoms. The zero-order chi connectivity index (χ0) is 11.6. The number of hydrogen-bond donors (Lipinski definition) is 5. The van der Waals surface area contributed by atoms with Crippen LogP contribution in [0.2, 0.25) is 0 Å². The van der Waals surface area contributed by atoms with Crippen molar-refractivity contribution in [1.82, 2.24) is 10.9 Å². The van der Waals surface area contributed by atoms with Crippen LogP contribution in [0, 0.1) is 0 Å². The molecule has 0 aliphatic heterocycles. The van der Waals surface area contributed by atoms with Crippen molar-refractivity contribution in [2.24, 2.45) is 22.4 Å². The number of amides is 4. The van der Waals surface area contributed by atoms with Gasteiger partial charge in [-0.2, -0.15) is 5.10 Å². The van der Waals surface area contributed by atoms with E-state index in [0.717, 1.165) is 0 Å². The number of nitrogens with two attached hydrogens (primary N) is 3. The largest absolute Gasteiger partial charge is 0.351 e. The molecule has 8 nitrogen and oxygen atoms in total. The van der Waals surface area contributed by atoms with Gasteiger partial charge in [-0.1, -0.05) is 0 Å². The van der Waals surface area contributed by atoms with E-state index in [-0.39, 0.29) is 0 Å². The molecule has 0 heterocycles. The van der Waals surface area contributed by atoms with Crippen LogP contribution in [0.15, 0.2) is 5.10 Å². The summed E-state index contributed by atoms with van der Waals surface area (Å²) >= 11 is 5.31. The van der Waals surface area contributed by atoms with Gasteiger partial charge in [0.05, 0.1) is 11.6 Å². The van der Waals surface area contributed by atoms with E-state index in [4.69, 9.17) is 17.3 Å². The molecular formula is C5H13ClN6O2. The van der Waals surface area contributed by atoms with Gasteiger partial charge in [-0.05, 0) is 6.92 Å². The molecule has 0 rings (SSSR count). The van der Waals surface area contributed by atoms with Crippen molar-refractivity contribution in [3.63, 3.8) is 0 Å². The molecule has 0 unspecified atom stereocenters. The molecule has 0 aromatic heterocycles. The zero-order valence-electron chi connectivity index (χ0n) is 7.58. The predicted octanol–water partition coefficient (Wildman–Crippen LogP) is -1.20. The molecule has 82 valence electrons. The van der Waals surface area contributed by atoms with Crippen molar-refractivity contribution in [1.29, 1.82) is 0 Å². The fourth-order valence-corrected chi connectivity index (χ4v) is 0.240. The lowest BCUT2D eigenvalue weighted by Crippen LogP contribution is -2.34. The molecule has 0 aliphatic rings. The molecule has 0 aromatic rings. The molecule has 0 saturated heterocycles. The van der Waals surface area contributed by atoms with E-state index in [1.807, 2.05) is 5.43 Å². The van der Waals surface area contributed by atoms with Gasteiger partial charge in [0.2, 0.25) is 0 Å². The van der Waals surface area contributed by atoms with Crippen LogP contribution in [0.4, 0.5) is 9.59 Å². The summed E-state index contributed by atoms with van der Waals surface area (Å²) in [5.41, 5.74) is 13.4. The van der Waals surface area contributed by atoms with Gasteiger partial charge in [-0.15, -0.1) is 11.6 Å². The van der Waals surface area contributed by atoms with Crippen LogP contribution in [0.5, 0.6) is 0 Å². The van der Waals surface area contributed by atoms with Crippen molar-refractivity contribution >= 4 is 29.4 Å². The van der Waals surface area contributed by atoms with Crippen molar-refractivity contribution in [2.45, 2.75) is 6.92 Å². The second kappa shape index (κ2) is 9.55. The molecule has 0 bridgehead atoms. The minimum absolute atomic E-state index is 0.292. The number of rotatable bonds is 2. The number of hydrogen-bond acceptors (Lipinski definition) is 4. The number of alkyl halides is 1. The Balaban J connectivity index is 0. The summed E-state index contributed by atoms with van der Waals surface area (Å²) in [4.78, 5) is 19.3. The topological polar surface area (TPSA) is 149 Å². The molecule has 0 aromatic carbocycles. The first-order valence-electron chi connectivity index (χ1n) is 3.34. The number of carbonyl (C=O) groups excluding carboxylic acids is 2. The first-order chi connectivity index (χ1) is 6.43. The summed E-state index contributed by atoms with van der Waals surface area (Å²) < 4.78 is 0. The molecule has 0 saturated carbocycles. The Labute approximate surface area is 85.8 Å². The maximum Gasteiger partial charge on any atom is 0.332 e. The Morgan fingerprint density at radius 3 is 2.00 bits per heavy atom. The van der Waals surface area contributed by atoms with Gasteiger partial charge < -0.3 is 11.5 Å². The molecule has 0 radical (unpaired) electrons. The van der Waals surface area contributed by atoms with E-state index < -0.39 is 12.1 Å². The quantitative estimate of drug-likeness (QED) is 0.132. The van der Waals surface area contributed by atoms with Gasteiger partial charge in [-0.3, -0.25) is 5.43 Å². The average molecular weight is 225 g/mol. The van der Waals surface area contributed by atoms with Gasteiger partial charge in [0.1, 0.15) is 0 Å². The van der Waals surface area contributed by atoms with Crippen molar-refractivity contribution in [3.05, 3.63) is 0 Å². The maximum absolute atomic E-state index is 9.98. The standard InChI is InChI=1S/C4H8ClN3O.CH5N3O/c1-3(2-5)7-8-4(6)9;2-1(5)4-3/h2H2,1H3,(H3,6,8,9);3H2,(H3,2,4,5). The highest BCUT2D eigenvalue weighted by Crippen LogP contribution is 1.78. The van der Waals surface area contributed by atoms with Gasteiger partial charge >= 0.3 is 12.1 Å². The summed E-state index contributed by atoms with van der Waals surface area (Å²) in [6.07, 6.45) is 0. The highest BCUT2D eigenvalue weighted by atomic mass is 35.5. The highest BCUT2D eigenvalue weighted by Gasteiger charge is 1.87. The number of urea groups is 2. The number of nitrogens with one attached hydrogen (secondary N) is 2. The van der Waals surface area contributed by atoms with Crippen molar-refractivity contribution < 1.29 is 9.59 Å². The Bertz CT molecular complexity index is 218. The number of nitrogens with zero attached hydrogens (tertiary/aromatic N) is 1. The summed E-state index contributed by atoms with van der Waals surface area (Å²) in [6, 6.07) is -1.40. The van der Waals surface area contributed by atoms with E-state index in [1.165, 1.54) is 0 Å². The summed E-state index contributed by atoms with van der Waals surface area (Å²) in [6.45, 7) is 1.68. The normalized spacial score (nSPS) is 9.50. The van der Waals surface area contributed by atoms with Gasteiger partial charge in [0.15, 0.2) is 0 Å². The Morgan fingerprint density at radius 1 is 1.36 bits per heavy atom. The Kier molecular flexibility index (Phi) is 10.2. The molecule has 4 amide bonds. The number of halogens is 1. The monoisotopic (exact) mass is 224 g/mol. The fraction of sp³-hybridized carbons (Fsp3) is 0.400.